The molecule has 5 rings (SSSR count). The molecule has 1 aliphatic carbocycles. The molecule has 1 unspecified atom stereocenters. The van der Waals surface area contributed by atoms with Gasteiger partial charge in [-0.3, -0.25) is 14.6 Å². The van der Waals surface area contributed by atoms with Gasteiger partial charge in [-0.1, -0.05) is 12.2 Å². The Morgan fingerprint density at radius 2 is 2.16 bits per heavy atom. The van der Waals surface area contributed by atoms with Crippen LogP contribution in [0.5, 0.6) is 0 Å². The fourth-order valence-electron chi connectivity index (χ4n) is 4.64. The van der Waals surface area contributed by atoms with Gasteiger partial charge in [0.05, 0.1) is 18.3 Å². The molecule has 2 aromatic rings. The topological polar surface area (TPSA) is 57.7 Å². The predicted octanol–water partition coefficient (Wildman–Crippen LogP) is 2.78. The molecule has 0 saturated carbocycles. The van der Waals surface area contributed by atoms with Gasteiger partial charge < -0.3 is 0 Å². The highest BCUT2D eigenvalue weighted by Gasteiger charge is 2.45. The van der Waals surface area contributed by atoms with Crippen LogP contribution in [0.25, 0.3) is 17.3 Å². The smallest absolute Gasteiger partial charge is 0.0941 e. The Bertz CT molecular complexity index is 903. The van der Waals surface area contributed by atoms with Gasteiger partial charge in [0, 0.05) is 48.2 Å². The van der Waals surface area contributed by atoms with Crippen molar-refractivity contribution in [1.82, 2.24) is 19.7 Å². The molecule has 2 aromatic heterocycles. The number of likely N-dealkylation sites (tertiary alicyclic amines) is 1. The number of aromatic nitrogens is 3. The molecule has 25 heavy (non-hydrogen) atoms. The Hall–Kier alpha value is -2.45. The summed E-state index contributed by atoms with van der Waals surface area (Å²) in [5, 5.41) is 13.9. The number of pyridine rings is 1. The Labute approximate surface area is 147 Å². The van der Waals surface area contributed by atoms with E-state index in [1.54, 1.807) is 0 Å². The van der Waals surface area contributed by atoms with E-state index in [1.165, 1.54) is 17.0 Å². The van der Waals surface area contributed by atoms with E-state index in [1.807, 2.05) is 6.20 Å². The zero-order chi connectivity index (χ0) is 16.9. The van der Waals surface area contributed by atoms with Gasteiger partial charge >= 0.3 is 0 Å². The second-order valence-electron chi connectivity index (χ2n) is 7.49. The fraction of sp³-hybridized carbons (Fsp3) is 0.450. The van der Waals surface area contributed by atoms with Crippen LogP contribution >= 0.6 is 0 Å². The first-order valence-electron chi connectivity index (χ1n) is 9.11. The van der Waals surface area contributed by atoms with Crippen LogP contribution in [0.4, 0.5) is 0 Å². The minimum absolute atomic E-state index is 0.184. The number of nitrogens with zero attached hydrogens (tertiary/aromatic N) is 5. The highest BCUT2D eigenvalue weighted by molar-refractivity contribution is 5.66. The number of allylic oxidation sites excluding steroid dienone is 1. The first kappa shape index (κ1) is 14.9. The van der Waals surface area contributed by atoms with Crippen molar-refractivity contribution in [3.8, 4) is 17.3 Å². The third kappa shape index (κ3) is 2.32. The van der Waals surface area contributed by atoms with Crippen molar-refractivity contribution >= 4 is 6.08 Å². The van der Waals surface area contributed by atoms with Crippen LogP contribution in [-0.2, 0) is 18.4 Å². The second kappa shape index (κ2) is 5.53. The normalized spacial score (nSPS) is 24.4. The average Bonchev–Trinajstić information content (AvgIpc) is 3.32. The summed E-state index contributed by atoms with van der Waals surface area (Å²) in [4.78, 5) is 6.93. The molecule has 5 heteroatoms. The van der Waals surface area contributed by atoms with E-state index >= 15 is 0 Å². The van der Waals surface area contributed by atoms with Crippen LogP contribution in [0.15, 0.2) is 24.4 Å². The maximum Gasteiger partial charge on any atom is 0.0941 e. The lowest BCUT2D eigenvalue weighted by molar-refractivity contribution is 0.341. The lowest BCUT2D eigenvalue weighted by Gasteiger charge is -2.22. The number of fused-ring (bicyclic) bond motifs is 3. The molecule has 126 valence electrons. The van der Waals surface area contributed by atoms with Crippen molar-refractivity contribution in [1.29, 1.82) is 5.26 Å². The van der Waals surface area contributed by atoms with Crippen molar-refractivity contribution in [2.75, 3.05) is 19.6 Å². The first-order valence-corrected chi connectivity index (χ1v) is 9.11. The summed E-state index contributed by atoms with van der Waals surface area (Å²) in [6.45, 7) is 3.51. The zero-order valence-corrected chi connectivity index (χ0v) is 14.3. The van der Waals surface area contributed by atoms with Gasteiger partial charge in [-0.2, -0.15) is 10.4 Å². The molecule has 1 fully saturated rings. The van der Waals surface area contributed by atoms with Gasteiger partial charge in [0.25, 0.3) is 0 Å². The number of aryl methyl sites for hydroxylation is 2. The third-order valence-electron chi connectivity index (χ3n) is 6.00. The second-order valence-corrected chi connectivity index (χ2v) is 7.49. The van der Waals surface area contributed by atoms with Crippen molar-refractivity contribution in [3.05, 3.63) is 41.4 Å². The van der Waals surface area contributed by atoms with Crippen molar-refractivity contribution in [3.63, 3.8) is 0 Å². The van der Waals surface area contributed by atoms with E-state index < -0.39 is 0 Å². The van der Waals surface area contributed by atoms with Crippen molar-refractivity contribution in [2.24, 2.45) is 0 Å². The highest BCUT2D eigenvalue weighted by Crippen LogP contribution is 2.43. The summed E-state index contributed by atoms with van der Waals surface area (Å²) in [5.74, 6) is 0. The third-order valence-corrected chi connectivity index (χ3v) is 6.00. The Balaban J connectivity index is 1.48. The standard InChI is InChI=1S/C20H21N5/c21-7-10-24-8-5-20(14-24)6-9-25-19(20)12-18(23-25)16-11-15-3-1-2-4-17(15)22-13-16/h1,3,11-13H,2,4-6,8-10,14H2. The van der Waals surface area contributed by atoms with Crippen molar-refractivity contribution in [2.45, 2.75) is 37.6 Å². The van der Waals surface area contributed by atoms with Gasteiger partial charge in [-0.25, -0.2) is 0 Å². The summed E-state index contributed by atoms with van der Waals surface area (Å²) < 4.78 is 2.18. The maximum absolute atomic E-state index is 8.98. The molecule has 1 spiro atoms. The number of nitriles is 1. The molecule has 1 atom stereocenters. The van der Waals surface area contributed by atoms with Crippen LogP contribution in [0.1, 0.15) is 36.2 Å². The first-order chi connectivity index (χ1) is 12.3. The molecule has 4 heterocycles. The lowest BCUT2D eigenvalue weighted by Crippen LogP contribution is -2.29. The maximum atomic E-state index is 8.98. The highest BCUT2D eigenvalue weighted by atomic mass is 15.3. The Kier molecular flexibility index (Phi) is 3.29. The van der Waals surface area contributed by atoms with Gasteiger partial charge in [0.15, 0.2) is 0 Å². The summed E-state index contributed by atoms with van der Waals surface area (Å²) in [6, 6.07) is 6.77. The van der Waals surface area contributed by atoms with Gasteiger partial charge in [-0.05, 0) is 43.4 Å². The molecule has 5 nitrogen and oxygen atoms in total. The van der Waals surface area contributed by atoms with Gasteiger partial charge in [0.1, 0.15) is 0 Å². The SMILES string of the molecule is N#CCN1CCC2(CCn3nc(-c4cnc5c(c4)C=CCC5)cc32)C1. The lowest BCUT2D eigenvalue weighted by atomic mass is 9.82. The Morgan fingerprint density at radius 1 is 1.24 bits per heavy atom. The summed E-state index contributed by atoms with van der Waals surface area (Å²) in [6.07, 6.45) is 10.8. The van der Waals surface area contributed by atoms with E-state index in [9.17, 15) is 0 Å². The minimum Gasteiger partial charge on any atom is -0.290 e. The molecule has 0 bridgehead atoms. The fourth-order valence-corrected chi connectivity index (χ4v) is 4.64. The summed E-state index contributed by atoms with van der Waals surface area (Å²) in [5.41, 5.74) is 6.08. The molecule has 0 radical (unpaired) electrons. The quantitative estimate of drug-likeness (QED) is 0.794. The molecule has 2 aliphatic heterocycles. The van der Waals surface area contributed by atoms with E-state index in [0.717, 1.165) is 56.6 Å². The molecule has 0 amide bonds. The van der Waals surface area contributed by atoms with E-state index in [-0.39, 0.29) is 5.41 Å². The number of rotatable bonds is 2. The van der Waals surface area contributed by atoms with E-state index in [4.69, 9.17) is 10.4 Å². The van der Waals surface area contributed by atoms with Crippen LogP contribution < -0.4 is 0 Å². The van der Waals surface area contributed by atoms with E-state index in [2.05, 4.69) is 44.9 Å². The van der Waals surface area contributed by atoms with Crippen molar-refractivity contribution < 1.29 is 0 Å². The zero-order valence-electron chi connectivity index (χ0n) is 14.3. The van der Waals surface area contributed by atoms with Crippen LogP contribution in [-0.4, -0.2) is 39.3 Å². The van der Waals surface area contributed by atoms with Crippen LogP contribution in [0.2, 0.25) is 0 Å². The van der Waals surface area contributed by atoms with E-state index in [0.29, 0.717) is 6.54 Å². The molecule has 0 N–H and O–H groups in total. The molecule has 3 aliphatic rings. The summed E-state index contributed by atoms with van der Waals surface area (Å²) >= 11 is 0. The Morgan fingerprint density at radius 3 is 3.08 bits per heavy atom. The minimum atomic E-state index is 0.184. The molecular formula is C20H21N5. The van der Waals surface area contributed by atoms with Crippen LogP contribution in [0, 0.1) is 11.3 Å². The van der Waals surface area contributed by atoms with Gasteiger partial charge in [-0.15, -0.1) is 0 Å². The van der Waals surface area contributed by atoms with Crippen LogP contribution in [0.3, 0.4) is 0 Å². The molecule has 1 saturated heterocycles. The summed E-state index contributed by atoms with van der Waals surface area (Å²) in [7, 11) is 0. The largest absolute Gasteiger partial charge is 0.290 e. The number of hydrogen-bond acceptors (Lipinski definition) is 4. The predicted molar refractivity (Wildman–Crippen MR) is 95.8 cm³/mol. The number of hydrogen-bond donors (Lipinski definition) is 0. The average molecular weight is 331 g/mol. The molecular weight excluding hydrogens is 310 g/mol. The molecule has 0 aromatic carbocycles. The van der Waals surface area contributed by atoms with Gasteiger partial charge in [0.2, 0.25) is 0 Å². The monoisotopic (exact) mass is 331 g/mol.